The summed E-state index contributed by atoms with van der Waals surface area (Å²) < 4.78 is 5.29. The van der Waals surface area contributed by atoms with Crippen molar-refractivity contribution >= 4 is 23.4 Å². The van der Waals surface area contributed by atoms with Gasteiger partial charge in [0.25, 0.3) is 0 Å². The van der Waals surface area contributed by atoms with Crippen LogP contribution in [0.5, 0.6) is 5.75 Å². The molecule has 1 N–H and O–H groups in total. The first-order valence-corrected chi connectivity index (χ1v) is 10.7. The summed E-state index contributed by atoms with van der Waals surface area (Å²) in [5.74, 6) is 0.468. The van der Waals surface area contributed by atoms with E-state index in [1.54, 1.807) is 18.9 Å². The molecule has 2 rings (SSSR count). The fourth-order valence-corrected chi connectivity index (χ4v) is 3.33. The fourth-order valence-electron chi connectivity index (χ4n) is 3.10. The van der Waals surface area contributed by atoms with Crippen LogP contribution in [0, 0.1) is 0 Å². The lowest BCUT2D eigenvalue weighted by molar-refractivity contribution is -0.140. The van der Waals surface area contributed by atoms with Gasteiger partial charge >= 0.3 is 0 Å². The molecule has 0 heterocycles. The number of carbonyl (C=O) groups is 2. The van der Waals surface area contributed by atoms with E-state index in [0.29, 0.717) is 23.7 Å². The molecule has 0 fully saturated rings. The highest BCUT2D eigenvalue weighted by molar-refractivity contribution is 6.31. The molecule has 0 aliphatic rings. The van der Waals surface area contributed by atoms with Crippen LogP contribution < -0.4 is 10.1 Å². The molecule has 2 aromatic carbocycles. The normalized spacial score (nSPS) is 12.7. The van der Waals surface area contributed by atoms with Crippen molar-refractivity contribution in [3.05, 3.63) is 64.7 Å². The van der Waals surface area contributed by atoms with Crippen molar-refractivity contribution in [2.45, 2.75) is 58.7 Å². The lowest BCUT2D eigenvalue weighted by atomic mass is 10.1. The molecule has 0 saturated heterocycles. The topological polar surface area (TPSA) is 58.6 Å². The monoisotopic (exact) mass is 430 g/mol. The number of nitrogens with one attached hydrogen (secondary N) is 1. The Morgan fingerprint density at radius 1 is 1.13 bits per heavy atom. The van der Waals surface area contributed by atoms with E-state index in [2.05, 4.69) is 5.32 Å². The molecule has 0 spiro atoms. The van der Waals surface area contributed by atoms with Crippen molar-refractivity contribution in [1.82, 2.24) is 10.2 Å². The maximum Gasteiger partial charge on any atom is 0.242 e. The Morgan fingerprint density at radius 3 is 2.53 bits per heavy atom. The molecule has 0 aliphatic heterocycles. The second-order valence-corrected chi connectivity index (χ2v) is 7.87. The van der Waals surface area contributed by atoms with Gasteiger partial charge in [0.15, 0.2) is 0 Å². The Bertz CT molecular complexity index is 856. The predicted octanol–water partition coefficient (Wildman–Crippen LogP) is 4.61. The van der Waals surface area contributed by atoms with Crippen LogP contribution in [-0.2, 0) is 22.6 Å². The average molecular weight is 431 g/mol. The standard InChI is InChI=1S/C24H31ClN2O3/c1-5-17(2)26-24(29)18(3)27(16-19-9-8-11-21(15-19)30-4)23(28)14-13-20-10-6-7-12-22(20)25/h6-12,15,17-18H,5,13-14,16H2,1-4H3,(H,26,29)/t17-,18+/m0/s1. The quantitative estimate of drug-likeness (QED) is 0.598. The number of rotatable bonds is 10. The summed E-state index contributed by atoms with van der Waals surface area (Å²) >= 11 is 6.23. The third kappa shape index (κ3) is 6.77. The minimum atomic E-state index is -0.594. The van der Waals surface area contributed by atoms with E-state index in [1.807, 2.05) is 62.4 Å². The molecule has 0 unspecified atom stereocenters. The zero-order chi connectivity index (χ0) is 22.1. The van der Waals surface area contributed by atoms with Crippen molar-refractivity contribution in [3.8, 4) is 5.75 Å². The number of ether oxygens (including phenoxy) is 1. The number of nitrogens with zero attached hydrogens (tertiary/aromatic N) is 1. The number of carbonyl (C=O) groups excluding carboxylic acids is 2. The van der Waals surface area contributed by atoms with Crippen molar-refractivity contribution in [2.75, 3.05) is 7.11 Å². The molecule has 6 heteroatoms. The Balaban J connectivity index is 2.19. The average Bonchev–Trinajstić information content (AvgIpc) is 2.76. The van der Waals surface area contributed by atoms with Crippen molar-refractivity contribution in [1.29, 1.82) is 0 Å². The first-order valence-electron chi connectivity index (χ1n) is 10.3. The molecule has 0 bridgehead atoms. The number of hydrogen-bond donors (Lipinski definition) is 1. The van der Waals surface area contributed by atoms with Crippen molar-refractivity contribution < 1.29 is 14.3 Å². The molecule has 2 aromatic rings. The molecule has 5 nitrogen and oxygen atoms in total. The lowest BCUT2D eigenvalue weighted by Gasteiger charge is -2.30. The lowest BCUT2D eigenvalue weighted by Crippen LogP contribution is -2.49. The van der Waals surface area contributed by atoms with Gasteiger partial charge < -0.3 is 15.0 Å². The molecule has 2 amide bonds. The highest BCUT2D eigenvalue weighted by Crippen LogP contribution is 2.20. The van der Waals surface area contributed by atoms with Crippen LogP contribution in [0.2, 0.25) is 5.02 Å². The summed E-state index contributed by atoms with van der Waals surface area (Å²) in [5.41, 5.74) is 1.83. The van der Waals surface area contributed by atoms with Crippen LogP contribution in [0.15, 0.2) is 48.5 Å². The van der Waals surface area contributed by atoms with Gasteiger partial charge in [-0.05, 0) is 56.0 Å². The Hall–Kier alpha value is -2.53. The molecule has 30 heavy (non-hydrogen) atoms. The van der Waals surface area contributed by atoms with E-state index >= 15 is 0 Å². The summed E-state index contributed by atoms with van der Waals surface area (Å²) in [6, 6.07) is 14.5. The number of methoxy groups -OCH3 is 1. The van der Waals surface area contributed by atoms with Crippen molar-refractivity contribution in [2.24, 2.45) is 0 Å². The van der Waals surface area contributed by atoms with Gasteiger partial charge in [-0.2, -0.15) is 0 Å². The van der Waals surface area contributed by atoms with Crippen LogP contribution >= 0.6 is 11.6 Å². The maximum absolute atomic E-state index is 13.2. The summed E-state index contributed by atoms with van der Waals surface area (Å²) in [7, 11) is 1.61. The Kier molecular flexibility index (Phi) is 9.18. The molecule has 0 radical (unpaired) electrons. The highest BCUT2D eigenvalue weighted by Gasteiger charge is 2.26. The largest absolute Gasteiger partial charge is 0.497 e. The van der Waals surface area contributed by atoms with E-state index in [1.165, 1.54) is 0 Å². The molecule has 0 aliphatic carbocycles. The summed E-state index contributed by atoms with van der Waals surface area (Å²) in [6.07, 6.45) is 1.62. The van der Waals surface area contributed by atoms with Gasteiger partial charge in [0.05, 0.1) is 7.11 Å². The van der Waals surface area contributed by atoms with Crippen LogP contribution in [0.25, 0.3) is 0 Å². The van der Waals surface area contributed by atoms with E-state index in [0.717, 1.165) is 17.5 Å². The summed E-state index contributed by atoms with van der Waals surface area (Å²) in [5, 5.41) is 3.62. The van der Waals surface area contributed by atoms with Crippen LogP contribution in [-0.4, -0.2) is 35.9 Å². The van der Waals surface area contributed by atoms with Gasteiger partial charge in [-0.15, -0.1) is 0 Å². The zero-order valence-corrected chi connectivity index (χ0v) is 18.9. The van der Waals surface area contributed by atoms with Gasteiger partial charge in [-0.25, -0.2) is 0 Å². The number of halogens is 1. The van der Waals surface area contributed by atoms with Crippen LogP contribution in [0.4, 0.5) is 0 Å². The van der Waals surface area contributed by atoms with Crippen LogP contribution in [0.3, 0.4) is 0 Å². The number of benzene rings is 2. The first kappa shape index (κ1) is 23.7. The van der Waals surface area contributed by atoms with E-state index < -0.39 is 6.04 Å². The maximum atomic E-state index is 13.2. The van der Waals surface area contributed by atoms with Gasteiger partial charge in [0.2, 0.25) is 11.8 Å². The predicted molar refractivity (Wildman–Crippen MR) is 121 cm³/mol. The molecule has 0 saturated carbocycles. The third-order valence-corrected chi connectivity index (χ3v) is 5.59. The van der Waals surface area contributed by atoms with E-state index in [-0.39, 0.29) is 24.3 Å². The van der Waals surface area contributed by atoms with Gasteiger partial charge in [-0.1, -0.05) is 48.9 Å². The molecular weight excluding hydrogens is 400 g/mol. The van der Waals surface area contributed by atoms with Crippen molar-refractivity contribution in [3.63, 3.8) is 0 Å². The van der Waals surface area contributed by atoms with Crippen LogP contribution in [0.1, 0.15) is 44.7 Å². The molecule has 162 valence electrons. The number of amides is 2. The second kappa shape index (κ2) is 11.6. The highest BCUT2D eigenvalue weighted by atomic mass is 35.5. The first-order chi connectivity index (χ1) is 14.3. The SMILES string of the molecule is CC[C@H](C)NC(=O)[C@@H](C)N(Cc1cccc(OC)c1)C(=O)CCc1ccccc1Cl. The second-order valence-electron chi connectivity index (χ2n) is 7.46. The van der Waals surface area contributed by atoms with Gasteiger partial charge in [0, 0.05) is 24.0 Å². The summed E-state index contributed by atoms with van der Waals surface area (Å²) in [6.45, 7) is 6.06. The van der Waals surface area contributed by atoms with Gasteiger partial charge in [0.1, 0.15) is 11.8 Å². The third-order valence-electron chi connectivity index (χ3n) is 5.22. The molecule has 2 atom stereocenters. The zero-order valence-electron chi connectivity index (χ0n) is 18.2. The minimum Gasteiger partial charge on any atom is -0.497 e. The minimum absolute atomic E-state index is 0.0526. The number of aryl methyl sites for hydroxylation is 1. The Labute approximate surface area is 184 Å². The molecular formula is C24H31ClN2O3. The number of hydrogen-bond acceptors (Lipinski definition) is 3. The van der Waals surface area contributed by atoms with Gasteiger partial charge in [-0.3, -0.25) is 9.59 Å². The molecule has 0 aromatic heterocycles. The smallest absolute Gasteiger partial charge is 0.242 e. The van der Waals surface area contributed by atoms with E-state index in [9.17, 15) is 9.59 Å². The van der Waals surface area contributed by atoms with E-state index in [4.69, 9.17) is 16.3 Å². The Morgan fingerprint density at radius 2 is 1.87 bits per heavy atom. The summed E-state index contributed by atoms with van der Waals surface area (Å²) in [4.78, 5) is 27.5. The fraction of sp³-hybridized carbons (Fsp3) is 0.417.